The number of esters is 1. The lowest BCUT2D eigenvalue weighted by Crippen LogP contribution is -2.27. The number of hydrogen-bond donors (Lipinski definition) is 1. The number of hydrogen-bond acceptors (Lipinski definition) is 5. The van der Waals surface area contributed by atoms with Crippen molar-refractivity contribution in [1.29, 1.82) is 0 Å². The minimum absolute atomic E-state index is 0.117. The van der Waals surface area contributed by atoms with Crippen molar-refractivity contribution in [2.45, 2.75) is 41.2 Å². The fourth-order valence-electron chi connectivity index (χ4n) is 3.28. The molecule has 1 N–H and O–H groups in total. The molecule has 1 aromatic carbocycles. The van der Waals surface area contributed by atoms with E-state index >= 15 is 0 Å². The van der Waals surface area contributed by atoms with Gasteiger partial charge < -0.3 is 19.0 Å². The first-order valence-electron chi connectivity index (χ1n) is 11.0. The van der Waals surface area contributed by atoms with Crippen molar-refractivity contribution in [2.75, 3.05) is 11.9 Å². The Kier molecular flexibility index (Phi) is 7.56. The fraction of sp³-hybridized carbons (Fsp3) is 0.296. The number of ketones is 1. The molecule has 0 atom stereocenters. The first-order chi connectivity index (χ1) is 16.0. The molecule has 7 nitrogen and oxygen atoms in total. The van der Waals surface area contributed by atoms with Gasteiger partial charge in [-0.15, -0.1) is 0 Å². The molecule has 0 aliphatic carbocycles. The van der Waals surface area contributed by atoms with Crippen LogP contribution in [-0.4, -0.2) is 28.8 Å². The summed E-state index contributed by atoms with van der Waals surface area (Å²) in [5.41, 5.74) is 3.40. The predicted octanol–water partition coefficient (Wildman–Crippen LogP) is 5.17. The molecule has 7 heteroatoms. The summed E-state index contributed by atoms with van der Waals surface area (Å²) >= 11 is 0. The second-order valence-electron chi connectivity index (χ2n) is 9.14. The molecule has 0 aliphatic heterocycles. The van der Waals surface area contributed by atoms with Crippen LogP contribution >= 0.6 is 0 Å². The Morgan fingerprint density at radius 1 is 1.09 bits per heavy atom. The van der Waals surface area contributed by atoms with Crippen molar-refractivity contribution >= 4 is 29.4 Å². The number of aryl methyl sites for hydroxylation is 1. The molecule has 3 rings (SSSR count). The molecule has 1 amide bonds. The van der Waals surface area contributed by atoms with Crippen LogP contribution in [0.4, 0.5) is 5.69 Å². The molecule has 0 unspecified atom stereocenters. The van der Waals surface area contributed by atoms with Crippen molar-refractivity contribution in [3.05, 3.63) is 83.1 Å². The number of anilines is 1. The highest BCUT2D eigenvalue weighted by molar-refractivity contribution is 6.00. The van der Waals surface area contributed by atoms with E-state index < -0.39 is 11.4 Å². The molecule has 0 spiro atoms. The van der Waals surface area contributed by atoms with Crippen molar-refractivity contribution in [3.63, 3.8) is 0 Å². The number of ether oxygens (including phenoxy) is 1. The number of carbonyl (C=O) groups is 3. The number of carbonyl (C=O) groups excluding carboxylic acids is 3. The average molecular weight is 463 g/mol. The quantitative estimate of drug-likeness (QED) is 0.283. The van der Waals surface area contributed by atoms with Crippen LogP contribution in [0.3, 0.4) is 0 Å². The largest absolute Gasteiger partial charge is 0.467 e. The van der Waals surface area contributed by atoms with Gasteiger partial charge in [0.15, 0.2) is 12.4 Å². The van der Waals surface area contributed by atoms with Crippen LogP contribution in [0.1, 0.15) is 53.8 Å². The van der Waals surface area contributed by atoms with Crippen molar-refractivity contribution in [1.82, 2.24) is 4.57 Å². The maximum absolute atomic E-state index is 12.4. The van der Waals surface area contributed by atoms with E-state index in [2.05, 4.69) is 9.88 Å². The van der Waals surface area contributed by atoms with Crippen LogP contribution in [-0.2, 0) is 20.9 Å². The van der Waals surface area contributed by atoms with Crippen LogP contribution in [0, 0.1) is 19.3 Å². The zero-order chi connectivity index (χ0) is 24.9. The maximum Gasteiger partial charge on any atom is 0.331 e. The van der Waals surface area contributed by atoms with Crippen LogP contribution in [0.5, 0.6) is 0 Å². The number of rotatable bonds is 8. The van der Waals surface area contributed by atoms with Gasteiger partial charge in [-0.05, 0) is 68.0 Å². The Morgan fingerprint density at radius 2 is 1.79 bits per heavy atom. The summed E-state index contributed by atoms with van der Waals surface area (Å²) in [6.45, 7) is 9.67. The maximum atomic E-state index is 12.4. The van der Waals surface area contributed by atoms with Gasteiger partial charge in [0.1, 0.15) is 5.76 Å². The Labute approximate surface area is 199 Å². The Morgan fingerprint density at radius 3 is 2.41 bits per heavy atom. The normalized spacial score (nSPS) is 11.6. The molecule has 34 heavy (non-hydrogen) atoms. The minimum atomic E-state index is -0.599. The lowest BCUT2D eigenvalue weighted by atomic mass is 9.95. The van der Waals surface area contributed by atoms with Crippen molar-refractivity contribution in [3.8, 4) is 0 Å². The molecule has 0 aliphatic rings. The number of furan rings is 1. The number of nitrogens with one attached hydrogen (secondary N) is 1. The van der Waals surface area contributed by atoms with Gasteiger partial charge in [-0.1, -0.05) is 20.8 Å². The molecule has 2 aromatic heterocycles. The summed E-state index contributed by atoms with van der Waals surface area (Å²) in [7, 11) is 0. The van der Waals surface area contributed by atoms with Crippen LogP contribution in [0.25, 0.3) is 6.08 Å². The summed E-state index contributed by atoms with van der Waals surface area (Å²) in [6, 6.07) is 12.2. The Hall–Kier alpha value is -3.87. The van der Waals surface area contributed by atoms with E-state index in [4.69, 9.17) is 9.15 Å². The zero-order valence-electron chi connectivity index (χ0n) is 20.2. The van der Waals surface area contributed by atoms with Gasteiger partial charge in [-0.25, -0.2) is 4.79 Å². The van der Waals surface area contributed by atoms with Crippen molar-refractivity contribution < 1.29 is 23.5 Å². The lowest BCUT2D eigenvalue weighted by Gasteiger charge is -2.17. The first-order valence-corrected chi connectivity index (χ1v) is 11.0. The molecule has 0 fully saturated rings. The van der Waals surface area contributed by atoms with Gasteiger partial charge in [-0.2, -0.15) is 0 Å². The molecule has 0 radical (unpaired) electrons. The van der Waals surface area contributed by atoms with E-state index in [-0.39, 0.29) is 18.3 Å². The zero-order valence-corrected chi connectivity index (χ0v) is 20.2. The van der Waals surface area contributed by atoms with Gasteiger partial charge in [0.05, 0.1) is 12.8 Å². The number of Topliss-reactive ketones (excluding diaryl/α,β-unsaturated/α-hetero) is 1. The van der Waals surface area contributed by atoms with Crippen LogP contribution < -0.4 is 5.32 Å². The third kappa shape index (κ3) is 6.34. The van der Waals surface area contributed by atoms with Crippen LogP contribution in [0.15, 0.2) is 59.2 Å². The summed E-state index contributed by atoms with van der Waals surface area (Å²) in [5, 5.41) is 2.80. The van der Waals surface area contributed by atoms with Gasteiger partial charge in [-0.3, -0.25) is 9.59 Å². The Balaban J connectivity index is 1.54. The summed E-state index contributed by atoms with van der Waals surface area (Å²) in [4.78, 5) is 36.6. The third-order valence-electron chi connectivity index (χ3n) is 5.40. The molecule has 2 heterocycles. The Bertz CT molecular complexity index is 1190. The molecule has 0 bridgehead atoms. The number of benzene rings is 1. The van der Waals surface area contributed by atoms with Crippen molar-refractivity contribution in [2.24, 2.45) is 5.41 Å². The number of nitrogens with zero attached hydrogens (tertiary/aromatic N) is 1. The highest BCUT2D eigenvalue weighted by Crippen LogP contribution is 2.19. The summed E-state index contributed by atoms with van der Waals surface area (Å²) in [6.07, 6.45) is 4.64. The van der Waals surface area contributed by atoms with Crippen LogP contribution in [0.2, 0.25) is 0 Å². The third-order valence-corrected chi connectivity index (χ3v) is 5.40. The number of aromatic nitrogens is 1. The average Bonchev–Trinajstić information content (AvgIpc) is 3.39. The molecule has 3 aromatic rings. The highest BCUT2D eigenvalue weighted by Gasteiger charge is 2.21. The van der Waals surface area contributed by atoms with E-state index in [1.54, 1.807) is 36.6 Å². The van der Waals surface area contributed by atoms with E-state index in [1.165, 1.54) is 6.08 Å². The monoisotopic (exact) mass is 462 g/mol. The highest BCUT2D eigenvalue weighted by atomic mass is 16.5. The second kappa shape index (κ2) is 10.4. The van der Waals surface area contributed by atoms with Gasteiger partial charge in [0.2, 0.25) is 5.91 Å². The minimum Gasteiger partial charge on any atom is -0.467 e. The van der Waals surface area contributed by atoms with E-state index in [0.29, 0.717) is 17.8 Å². The van der Waals surface area contributed by atoms with Gasteiger partial charge in [0, 0.05) is 34.1 Å². The van der Waals surface area contributed by atoms with Gasteiger partial charge >= 0.3 is 5.97 Å². The standard InChI is InChI=1S/C27H30N2O5/c1-18-15-21(19(2)29(18)16-23-7-6-14-33-23)10-13-25(31)34-17-24(30)20-8-11-22(12-9-20)28-26(32)27(3,4)5/h6-15H,16-17H2,1-5H3,(H,28,32)/b13-10+. The van der Waals surface area contributed by atoms with E-state index in [0.717, 1.165) is 22.7 Å². The number of amides is 1. The summed E-state index contributed by atoms with van der Waals surface area (Å²) < 4.78 is 12.6. The molecule has 178 valence electrons. The van der Waals surface area contributed by atoms with E-state index in [1.807, 2.05) is 52.8 Å². The smallest absolute Gasteiger partial charge is 0.331 e. The van der Waals surface area contributed by atoms with Gasteiger partial charge in [0.25, 0.3) is 0 Å². The fourth-order valence-corrected chi connectivity index (χ4v) is 3.28. The topological polar surface area (TPSA) is 90.5 Å². The second-order valence-corrected chi connectivity index (χ2v) is 9.14. The predicted molar refractivity (Wildman–Crippen MR) is 131 cm³/mol. The molecular formula is C27H30N2O5. The van der Waals surface area contributed by atoms with E-state index in [9.17, 15) is 14.4 Å². The first kappa shape index (κ1) is 24.8. The SMILES string of the molecule is Cc1cc(/C=C/C(=O)OCC(=O)c2ccc(NC(=O)C(C)(C)C)cc2)c(C)n1Cc1ccco1. The molecule has 0 saturated carbocycles. The lowest BCUT2D eigenvalue weighted by molar-refractivity contribution is -0.136. The molecular weight excluding hydrogens is 432 g/mol. The molecule has 0 saturated heterocycles. The summed E-state index contributed by atoms with van der Waals surface area (Å²) in [5.74, 6) is -0.195.